The quantitative estimate of drug-likeness (QED) is 0.761. The van der Waals surface area contributed by atoms with Crippen LogP contribution in [-0.2, 0) is 0 Å². The van der Waals surface area contributed by atoms with Crippen LogP contribution in [0, 0.1) is 0 Å². The van der Waals surface area contributed by atoms with Gasteiger partial charge in [-0.05, 0) is 0 Å². The summed E-state index contributed by atoms with van der Waals surface area (Å²) >= 11 is 5.69. The van der Waals surface area contributed by atoms with E-state index >= 15 is 0 Å². The molecule has 0 aliphatic carbocycles. The minimum Gasteiger partial charge on any atom is -0.496 e. The molecule has 0 radical (unpaired) electrons. The lowest BCUT2D eigenvalue weighted by molar-refractivity contribution is 0.418. The first-order valence-corrected chi connectivity index (χ1v) is 4.85. The molecule has 2 rings (SSSR count). The van der Waals surface area contributed by atoms with Gasteiger partial charge >= 0.3 is 0 Å². The third-order valence-electron chi connectivity index (χ3n) is 1.63. The van der Waals surface area contributed by atoms with Crippen molar-refractivity contribution in [2.45, 2.75) is 13.8 Å². The van der Waals surface area contributed by atoms with E-state index in [1.54, 1.807) is 6.07 Å². The Morgan fingerprint density at radius 2 is 2.13 bits per heavy atom. The molecular weight excluding hydrogens is 218 g/mol. The number of rotatable bonds is 1. The maximum absolute atomic E-state index is 5.69. The van der Waals surface area contributed by atoms with E-state index in [1.165, 1.54) is 7.11 Å². The molecule has 0 aromatic carbocycles. The molecule has 6 heteroatoms. The van der Waals surface area contributed by atoms with Crippen LogP contribution < -0.4 is 10.5 Å². The number of fused-ring (bicyclic) bond motifs is 1. The van der Waals surface area contributed by atoms with Crippen molar-refractivity contribution in [3.05, 3.63) is 11.2 Å². The fourth-order valence-corrected chi connectivity index (χ4v) is 1.25. The van der Waals surface area contributed by atoms with Crippen molar-refractivity contribution >= 4 is 28.5 Å². The van der Waals surface area contributed by atoms with Gasteiger partial charge in [0, 0.05) is 6.07 Å². The third-order valence-corrected chi connectivity index (χ3v) is 1.82. The number of nitrogens with zero attached hydrogens (tertiary/aromatic N) is 2. The average Bonchev–Trinajstić information content (AvgIpc) is 2.62. The van der Waals surface area contributed by atoms with Crippen LogP contribution in [0.4, 0.5) is 5.82 Å². The Morgan fingerprint density at radius 1 is 1.47 bits per heavy atom. The highest BCUT2D eigenvalue weighted by molar-refractivity contribution is 6.30. The first-order valence-electron chi connectivity index (χ1n) is 4.47. The average molecular weight is 230 g/mol. The Labute approximate surface area is 92.2 Å². The molecule has 82 valence electrons. The van der Waals surface area contributed by atoms with Crippen LogP contribution in [-0.4, -0.2) is 17.3 Å². The van der Waals surface area contributed by atoms with Crippen LogP contribution in [0.5, 0.6) is 5.75 Å². The molecule has 0 saturated heterocycles. The van der Waals surface area contributed by atoms with E-state index in [9.17, 15) is 0 Å². The van der Waals surface area contributed by atoms with Gasteiger partial charge < -0.3 is 15.0 Å². The van der Waals surface area contributed by atoms with Crippen molar-refractivity contribution in [1.29, 1.82) is 0 Å². The second-order valence-corrected chi connectivity index (χ2v) is 2.78. The summed E-state index contributed by atoms with van der Waals surface area (Å²) < 4.78 is 9.86. The second kappa shape index (κ2) is 4.84. The molecule has 0 saturated carbocycles. The highest BCUT2D eigenvalue weighted by Crippen LogP contribution is 2.31. The fraction of sp³-hybridized carbons (Fsp3) is 0.333. The lowest BCUT2D eigenvalue weighted by Crippen LogP contribution is -1.89. The summed E-state index contributed by atoms with van der Waals surface area (Å²) in [7, 11) is 1.51. The molecule has 0 unspecified atom stereocenters. The maximum Gasteiger partial charge on any atom is 0.265 e. The lowest BCUT2D eigenvalue weighted by atomic mass is 10.3. The van der Waals surface area contributed by atoms with E-state index in [0.29, 0.717) is 11.1 Å². The van der Waals surface area contributed by atoms with Crippen LogP contribution in [0.3, 0.4) is 0 Å². The molecule has 2 N–H and O–H groups in total. The van der Waals surface area contributed by atoms with Gasteiger partial charge in [0.25, 0.3) is 5.71 Å². The van der Waals surface area contributed by atoms with Gasteiger partial charge in [0.05, 0.1) is 7.11 Å². The van der Waals surface area contributed by atoms with Crippen molar-refractivity contribution in [3.63, 3.8) is 0 Å². The molecule has 0 atom stereocenters. The number of nitrogen functional groups attached to an aromatic ring is 1. The van der Waals surface area contributed by atoms with Gasteiger partial charge in [-0.3, -0.25) is 0 Å². The normalized spacial score (nSPS) is 9.60. The Balaban J connectivity index is 0.000000531. The lowest BCUT2D eigenvalue weighted by Gasteiger charge is -1.99. The molecule has 15 heavy (non-hydrogen) atoms. The first-order chi connectivity index (χ1) is 7.22. The summed E-state index contributed by atoms with van der Waals surface area (Å²) in [6.07, 6.45) is 0. The Kier molecular flexibility index (Phi) is 3.74. The van der Waals surface area contributed by atoms with E-state index in [4.69, 9.17) is 26.6 Å². The van der Waals surface area contributed by atoms with Gasteiger partial charge in [0.2, 0.25) is 0 Å². The molecule has 2 aromatic rings. The topological polar surface area (TPSA) is 74.2 Å². The highest BCUT2D eigenvalue weighted by Gasteiger charge is 2.13. The minimum absolute atomic E-state index is 0.246. The van der Waals surface area contributed by atoms with Gasteiger partial charge in [-0.1, -0.05) is 30.6 Å². The maximum atomic E-state index is 5.69. The predicted octanol–water partition coefficient (Wildman–Crippen LogP) is 2.49. The van der Waals surface area contributed by atoms with Gasteiger partial charge in [-0.15, -0.1) is 0 Å². The van der Waals surface area contributed by atoms with Crippen molar-refractivity contribution in [2.24, 2.45) is 0 Å². The molecule has 0 aliphatic heterocycles. The van der Waals surface area contributed by atoms with Gasteiger partial charge in [0.1, 0.15) is 16.3 Å². The van der Waals surface area contributed by atoms with Crippen molar-refractivity contribution < 1.29 is 9.26 Å². The smallest absolute Gasteiger partial charge is 0.265 e. The van der Waals surface area contributed by atoms with E-state index in [2.05, 4.69) is 10.1 Å². The molecule has 2 aromatic heterocycles. The van der Waals surface area contributed by atoms with Crippen LogP contribution in [0.25, 0.3) is 11.1 Å². The highest BCUT2D eigenvalue weighted by atomic mass is 35.5. The largest absolute Gasteiger partial charge is 0.496 e. The number of nitrogens with two attached hydrogens (primary N) is 1. The number of methoxy groups -OCH3 is 1. The third kappa shape index (κ3) is 2.12. The fourth-order valence-electron chi connectivity index (χ4n) is 1.07. The summed E-state index contributed by atoms with van der Waals surface area (Å²) in [5.41, 5.74) is 5.81. The van der Waals surface area contributed by atoms with Crippen LogP contribution >= 0.6 is 11.6 Å². The zero-order valence-corrected chi connectivity index (χ0v) is 9.50. The molecule has 5 nitrogen and oxygen atoms in total. The van der Waals surface area contributed by atoms with Crippen molar-refractivity contribution in [3.8, 4) is 5.75 Å². The van der Waals surface area contributed by atoms with Gasteiger partial charge in [-0.25, -0.2) is 0 Å². The van der Waals surface area contributed by atoms with Crippen LogP contribution in [0.2, 0.25) is 5.15 Å². The van der Waals surface area contributed by atoms with E-state index in [0.717, 1.165) is 0 Å². The standard InChI is InChI=1S/C7H6ClN3O2.C2H6/c1-12-3-2-4(8)10-7-5(3)6(9)11-13-7;1-2/h2H,1H3,(H2,9,11);1-2H3. The number of pyridine rings is 1. The summed E-state index contributed by atoms with van der Waals surface area (Å²) in [4.78, 5) is 3.88. The summed E-state index contributed by atoms with van der Waals surface area (Å²) in [6.45, 7) is 4.00. The Hall–Kier alpha value is -1.49. The number of hydrogen-bond acceptors (Lipinski definition) is 5. The van der Waals surface area contributed by atoms with E-state index in [1.807, 2.05) is 13.8 Å². The summed E-state index contributed by atoms with van der Waals surface area (Å²) in [5, 5.41) is 4.37. The number of hydrogen-bond donors (Lipinski definition) is 1. The van der Waals surface area contributed by atoms with Crippen LogP contribution in [0.15, 0.2) is 10.6 Å². The van der Waals surface area contributed by atoms with Crippen LogP contribution in [0.1, 0.15) is 13.8 Å². The zero-order chi connectivity index (χ0) is 11.4. The van der Waals surface area contributed by atoms with Crippen molar-refractivity contribution in [2.75, 3.05) is 12.8 Å². The summed E-state index contributed by atoms with van der Waals surface area (Å²) in [5.74, 6) is 0.754. The molecule has 2 heterocycles. The molecule has 0 amide bonds. The number of ether oxygens (including phenoxy) is 1. The Morgan fingerprint density at radius 3 is 2.73 bits per heavy atom. The number of halogens is 1. The zero-order valence-electron chi connectivity index (χ0n) is 8.74. The Bertz CT molecular complexity index is 456. The molecule has 0 spiro atoms. The first kappa shape index (κ1) is 11.6. The molecule has 0 bridgehead atoms. The second-order valence-electron chi connectivity index (χ2n) is 2.40. The van der Waals surface area contributed by atoms with Gasteiger partial charge in [-0.2, -0.15) is 4.98 Å². The number of aromatic nitrogens is 2. The molecule has 0 fully saturated rings. The summed E-state index contributed by atoms with van der Waals surface area (Å²) in [6, 6.07) is 1.55. The molecule has 0 aliphatic rings. The van der Waals surface area contributed by atoms with Crippen molar-refractivity contribution in [1.82, 2.24) is 10.1 Å². The SMILES string of the molecule is CC.COc1cc(Cl)nc2onc(N)c12. The molecular formula is C9H12ClN3O2. The van der Waals surface area contributed by atoms with E-state index in [-0.39, 0.29) is 16.7 Å². The van der Waals surface area contributed by atoms with E-state index < -0.39 is 0 Å². The monoisotopic (exact) mass is 229 g/mol. The van der Waals surface area contributed by atoms with Gasteiger partial charge in [0.15, 0.2) is 5.82 Å². The predicted molar refractivity (Wildman–Crippen MR) is 59.1 cm³/mol. The number of anilines is 1. The minimum atomic E-state index is 0.246.